The Morgan fingerprint density at radius 1 is 1.21 bits per heavy atom. The summed E-state index contributed by atoms with van der Waals surface area (Å²) in [5.41, 5.74) is 2.94. The number of hydrogen-bond acceptors (Lipinski definition) is 4. The summed E-state index contributed by atoms with van der Waals surface area (Å²) in [6, 6.07) is 15.5. The number of anilines is 2. The van der Waals surface area contributed by atoms with Crippen molar-refractivity contribution in [2.75, 3.05) is 29.9 Å². The summed E-state index contributed by atoms with van der Waals surface area (Å²) < 4.78 is 5.65. The molecule has 1 heterocycles. The highest BCUT2D eigenvalue weighted by Gasteiger charge is 2.23. The summed E-state index contributed by atoms with van der Waals surface area (Å²) in [5.74, 6) is 0.667. The van der Waals surface area contributed by atoms with E-state index in [4.69, 9.17) is 4.74 Å². The monoisotopic (exact) mass is 326 g/mol. The van der Waals surface area contributed by atoms with Crippen LogP contribution in [0.15, 0.2) is 48.5 Å². The lowest BCUT2D eigenvalue weighted by atomic mass is 10.1. The molecule has 0 spiro atoms. The Balaban J connectivity index is 1.58. The summed E-state index contributed by atoms with van der Waals surface area (Å²) >= 11 is 0. The Labute approximate surface area is 141 Å². The second-order valence-corrected chi connectivity index (χ2v) is 5.91. The molecule has 2 aromatic rings. The molecular formula is C19H22N2O3. The number of benzene rings is 2. The van der Waals surface area contributed by atoms with Crippen LogP contribution in [0.1, 0.15) is 12.5 Å². The van der Waals surface area contributed by atoms with Crippen molar-refractivity contribution in [3.05, 3.63) is 54.1 Å². The van der Waals surface area contributed by atoms with Gasteiger partial charge in [0, 0.05) is 6.54 Å². The van der Waals surface area contributed by atoms with E-state index in [0.717, 1.165) is 23.5 Å². The molecule has 126 valence electrons. The molecule has 1 unspecified atom stereocenters. The van der Waals surface area contributed by atoms with Gasteiger partial charge in [0.05, 0.1) is 17.9 Å². The minimum atomic E-state index is -0.685. The Bertz CT molecular complexity index is 700. The molecule has 1 aliphatic heterocycles. The van der Waals surface area contributed by atoms with Crippen LogP contribution < -0.4 is 15.0 Å². The van der Waals surface area contributed by atoms with Gasteiger partial charge < -0.3 is 20.1 Å². The summed E-state index contributed by atoms with van der Waals surface area (Å²) in [5, 5.41) is 13.1. The lowest BCUT2D eigenvalue weighted by Crippen LogP contribution is -2.43. The maximum absolute atomic E-state index is 11.8. The molecule has 0 aliphatic carbocycles. The summed E-state index contributed by atoms with van der Waals surface area (Å²) in [6.45, 7) is 2.87. The molecule has 2 N–H and O–H groups in total. The van der Waals surface area contributed by atoms with E-state index in [-0.39, 0.29) is 19.1 Å². The number of hydrogen-bond donors (Lipinski definition) is 2. The normalized spacial score (nSPS) is 14.8. The average molecular weight is 326 g/mol. The molecule has 0 radical (unpaired) electrons. The first-order valence-corrected chi connectivity index (χ1v) is 8.19. The Morgan fingerprint density at radius 3 is 2.71 bits per heavy atom. The maximum Gasteiger partial charge on any atom is 0.243 e. The zero-order valence-electron chi connectivity index (χ0n) is 13.7. The molecule has 3 rings (SSSR count). The molecular weight excluding hydrogens is 304 g/mol. The zero-order valence-corrected chi connectivity index (χ0v) is 13.7. The van der Waals surface area contributed by atoms with Crippen LogP contribution in [0.4, 0.5) is 11.4 Å². The van der Waals surface area contributed by atoms with Crippen molar-refractivity contribution in [2.24, 2.45) is 0 Å². The number of rotatable bonds is 6. The molecule has 1 amide bonds. The maximum atomic E-state index is 11.8. The minimum Gasteiger partial charge on any atom is -0.491 e. The molecule has 0 aromatic heterocycles. The van der Waals surface area contributed by atoms with Crippen LogP contribution in [0.25, 0.3) is 0 Å². The second kappa shape index (κ2) is 7.36. The van der Waals surface area contributed by atoms with Crippen molar-refractivity contribution >= 4 is 17.3 Å². The van der Waals surface area contributed by atoms with E-state index in [1.807, 2.05) is 53.4 Å². The van der Waals surface area contributed by atoms with Gasteiger partial charge in [-0.3, -0.25) is 4.79 Å². The van der Waals surface area contributed by atoms with Crippen molar-refractivity contribution in [1.29, 1.82) is 0 Å². The summed E-state index contributed by atoms with van der Waals surface area (Å²) in [7, 11) is 0. The van der Waals surface area contributed by atoms with Gasteiger partial charge in [0.1, 0.15) is 18.5 Å². The van der Waals surface area contributed by atoms with Crippen molar-refractivity contribution in [3.8, 4) is 5.75 Å². The number of nitrogens with one attached hydrogen (secondary N) is 1. The van der Waals surface area contributed by atoms with Crippen LogP contribution in [0.2, 0.25) is 0 Å². The summed E-state index contributed by atoms with van der Waals surface area (Å²) in [6.07, 6.45) is 0.300. The lowest BCUT2D eigenvalue weighted by molar-refractivity contribution is -0.115. The van der Waals surface area contributed by atoms with Gasteiger partial charge in [-0.2, -0.15) is 0 Å². The number of β-amino-alcohol motifs (C(OH)–C–C–N with tert-alkyl or cyclic N) is 1. The van der Waals surface area contributed by atoms with E-state index in [9.17, 15) is 9.90 Å². The van der Waals surface area contributed by atoms with E-state index in [0.29, 0.717) is 6.54 Å². The van der Waals surface area contributed by atoms with Crippen molar-refractivity contribution < 1.29 is 14.6 Å². The first-order chi connectivity index (χ1) is 11.7. The highest BCUT2D eigenvalue weighted by Crippen LogP contribution is 2.28. The predicted molar refractivity (Wildman–Crippen MR) is 94.6 cm³/mol. The van der Waals surface area contributed by atoms with Crippen molar-refractivity contribution in [1.82, 2.24) is 0 Å². The Morgan fingerprint density at radius 2 is 1.96 bits per heavy atom. The number of para-hydroxylation sites is 2. The van der Waals surface area contributed by atoms with E-state index < -0.39 is 6.10 Å². The average Bonchev–Trinajstić information content (AvgIpc) is 2.60. The number of aliphatic hydroxyl groups excluding tert-OH is 1. The van der Waals surface area contributed by atoms with Gasteiger partial charge in [0.2, 0.25) is 5.91 Å². The number of carbonyl (C=O) groups excluding carboxylic acids is 1. The van der Waals surface area contributed by atoms with Crippen LogP contribution in [-0.2, 0) is 11.2 Å². The molecule has 0 saturated carbocycles. The Kier molecular flexibility index (Phi) is 5.01. The Hall–Kier alpha value is -2.53. The van der Waals surface area contributed by atoms with Crippen LogP contribution >= 0.6 is 0 Å². The van der Waals surface area contributed by atoms with Gasteiger partial charge in [-0.1, -0.05) is 31.2 Å². The number of aryl methyl sites for hydroxylation is 1. The zero-order chi connectivity index (χ0) is 16.9. The van der Waals surface area contributed by atoms with E-state index in [1.54, 1.807) is 0 Å². The largest absolute Gasteiger partial charge is 0.491 e. The third kappa shape index (κ3) is 3.86. The third-order valence-electron chi connectivity index (χ3n) is 4.06. The minimum absolute atomic E-state index is 0.0722. The van der Waals surface area contributed by atoms with Crippen LogP contribution in [0.5, 0.6) is 5.75 Å². The van der Waals surface area contributed by atoms with Gasteiger partial charge >= 0.3 is 0 Å². The summed E-state index contributed by atoms with van der Waals surface area (Å²) in [4.78, 5) is 13.7. The smallest absolute Gasteiger partial charge is 0.243 e. The second-order valence-electron chi connectivity index (χ2n) is 5.91. The van der Waals surface area contributed by atoms with Crippen molar-refractivity contribution in [3.63, 3.8) is 0 Å². The standard InChI is InChI=1S/C19H22N2O3/c1-2-14-7-9-16(10-8-14)24-13-15(22)11-21-12-19(23)20-17-5-3-4-6-18(17)21/h3-10,15,22H,2,11-13H2,1H3,(H,20,23). The molecule has 1 aliphatic rings. The predicted octanol–water partition coefficient (Wildman–Crippen LogP) is 2.45. The third-order valence-corrected chi connectivity index (χ3v) is 4.06. The molecule has 5 heteroatoms. The molecule has 24 heavy (non-hydrogen) atoms. The van der Waals surface area contributed by atoms with E-state index >= 15 is 0 Å². The molecule has 0 fully saturated rings. The van der Waals surface area contributed by atoms with Gasteiger partial charge in [-0.15, -0.1) is 0 Å². The first-order valence-electron chi connectivity index (χ1n) is 8.19. The van der Waals surface area contributed by atoms with Crippen LogP contribution in [-0.4, -0.2) is 36.8 Å². The fraction of sp³-hybridized carbons (Fsp3) is 0.316. The highest BCUT2D eigenvalue weighted by molar-refractivity contribution is 6.01. The van der Waals surface area contributed by atoms with Gasteiger partial charge in [-0.05, 0) is 36.2 Å². The number of carbonyl (C=O) groups is 1. The fourth-order valence-electron chi connectivity index (χ4n) is 2.79. The lowest BCUT2D eigenvalue weighted by Gasteiger charge is -2.32. The van der Waals surface area contributed by atoms with Gasteiger partial charge in [0.25, 0.3) is 0 Å². The van der Waals surface area contributed by atoms with Gasteiger partial charge in [-0.25, -0.2) is 0 Å². The van der Waals surface area contributed by atoms with E-state index in [1.165, 1.54) is 5.56 Å². The number of ether oxygens (including phenoxy) is 1. The topological polar surface area (TPSA) is 61.8 Å². The number of fused-ring (bicyclic) bond motifs is 1. The SMILES string of the molecule is CCc1ccc(OCC(O)CN2CC(=O)Nc3ccccc32)cc1. The van der Waals surface area contributed by atoms with Crippen LogP contribution in [0, 0.1) is 0 Å². The first kappa shape index (κ1) is 16.3. The molecule has 5 nitrogen and oxygen atoms in total. The molecule has 0 saturated heterocycles. The highest BCUT2D eigenvalue weighted by atomic mass is 16.5. The quantitative estimate of drug-likeness (QED) is 0.856. The van der Waals surface area contributed by atoms with Crippen molar-refractivity contribution in [2.45, 2.75) is 19.4 Å². The molecule has 0 bridgehead atoms. The number of aliphatic hydroxyl groups is 1. The number of nitrogens with zero attached hydrogens (tertiary/aromatic N) is 1. The molecule has 2 aromatic carbocycles. The van der Waals surface area contributed by atoms with Gasteiger partial charge in [0.15, 0.2) is 0 Å². The number of amides is 1. The van der Waals surface area contributed by atoms with E-state index in [2.05, 4.69) is 12.2 Å². The fourth-order valence-corrected chi connectivity index (χ4v) is 2.79. The van der Waals surface area contributed by atoms with Crippen LogP contribution in [0.3, 0.4) is 0 Å². The molecule has 1 atom stereocenters.